The van der Waals surface area contributed by atoms with Crippen LogP contribution in [0.1, 0.15) is 38.6 Å². The Balaban J connectivity index is 1.66. The second-order valence-corrected chi connectivity index (χ2v) is 7.57. The van der Waals surface area contributed by atoms with Gasteiger partial charge in [0.2, 0.25) is 0 Å². The van der Waals surface area contributed by atoms with E-state index in [0.717, 1.165) is 39.1 Å². The number of rotatable bonds is 4. The summed E-state index contributed by atoms with van der Waals surface area (Å²) in [6, 6.07) is 14.0. The number of carbonyl (C=O) groups is 1. The number of aryl methyl sites for hydroxylation is 3. The molecule has 4 rings (SSSR count). The van der Waals surface area contributed by atoms with Crippen molar-refractivity contribution in [1.29, 1.82) is 0 Å². The van der Waals surface area contributed by atoms with Gasteiger partial charge in [0, 0.05) is 11.1 Å². The molecule has 0 atom stereocenters. The molecule has 30 heavy (non-hydrogen) atoms. The highest BCUT2D eigenvalue weighted by molar-refractivity contribution is 6.13. The van der Waals surface area contributed by atoms with E-state index in [1.165, 1.54) is 12.1 Å². The molecule has 2 aromatic heterocycles. The Labute approximate surface area is 174 Å². The van der Waals surface area contributed by atoms with Crippen LogP contribution >= 0.6 is 0 Å². The topological polar surface area (TPSA) is 59.8 Å². The highest BCUT2D eigenvalue weighted by atomic mass is 19.1. The van der Waals surface area contributed by atoms with Crippen molar-refractivity contribution in [3.05, 3.63) is 88.1 Å². The number of para-hydroxylation sites is 1. The first kappa shape index (κ1) is 19.8. The molecule has 0 radical (unpaired) electrons. The van der Waals surface area contributed by atoms with Crippen molar-refractivity contribution < 1.29 is 9.18 Å². The van der Waals surface area contributed by atoms with Gasteiger partial charge in [0.05, 0.1) is 34.7 Å². The maximum absolute atomic E-state index is 13.2. The maximum Gasteiger partial charge on any atom is 0.256 e. The van der Waals surface area contributed by atoms with Gasteiger partial charge in [-0.3, -0.25) is 14.5 Å². The number of nitrogens with one attached hydrogen (secondary N) is 1. The molecule has 0 aliphatic heterocycles. The minimum Gasteiger partial charge on any atom is -0.319 e. The van der Waals surface area contributed by atoms with Gasteiger partial charge in [0.25, 0.3) is 5.91 Å². The van der Waals surface area contributed by atoms with Gasteiger partial charge in [-0.05, 0) is 57.0 Å². The number of anilines is 1. The van der Waals surface area contributed by atoms with E-state index in [1.807, 2.05) is 56.6 Å². The third-order valence-corrected chi connectivity index (χ3v) is 5.28. The Morgan fingerprint density at radius 2 is 1.80 bits per heavy atom. The van der Waals surface area contributed by atoms with Crippen LogP contribution in [0.3, 0.4) is 0 Å². The minimum atomic E-state index is -0.268. The fraction of sp³-hybridized carbons (Fsp3) is 0.208. The smallest absolute Gasteiger partial charge is 0.256 e. The van der Waals surface area contributed by atoms with Crippen molar-refractivity contribution >= 4 is 22.5 Å². The minimum absolute atomic E-state index is 0.191. The lowest BCUT2D eigenvalue weighted by Gasteiger charge is -2.11. The van der Waals surface area contributed by atoms with Gasteiger partial charge in [-0.1, -0.05) is 30.3 Å². The first-order valence-electron chi connectivity index (χ1n) is 9.80. The molecule has 6 heteroatoms. The molecule has 2 heterocycles. The van der Waals surface area contributed by atoms with Crippen LogP contribution in [0.5, 0.6) is 0 Å². The number of carbonyl (C=O) groups excluding carboxylic acids is 1. The molecule has 1 N–H and O–H groups in total. The highest BCUT2D eigenvalue weighted by Crippen LogP contribution is 2.25. The molecule has 0 unspecified atom stereocenters. The number of amides is 1. The molecular weight excluding hydrogens is 379 g/mol. The van der Waals surface area contributed by atoms with Gasteiger partial charge < -0.3 is 5.32 Å². The van der Waals surface area contributed by atoms with Crippen LogP contribution in [0.2, 0.25) is 0 Å². The van der Waals surface area contributed by atoms with E-state index in [-0.39, 0.29) is 11.7 Å². The molecule has 0 aliphatic carbocycles. The predicted molar refractivity (Wildman–Crippen MR) is 116 cm³/mol. The monoisotopic (exact) mass is 402 g/mol. The highest BCUT2D eigenvalue weighted by Gasteiger charge is 2.18. The summed E-state index contributed by atoms with van der Waals surface area (Å²) < 4.78 is 15.0. The normalized spacial score (nSPS) is 11.1. The second-order valence-electron chi connectivity index (χ2n) is 7.57. The van der Waals surface area contributed by atoms with E-state index in [9.17, 15) is 9.18 Å². The lowest BCUT2D eigenvalue weighted by molar-refractivity contribution is 0.102. The first-order valence-corrected chi connectivity index (χ1v) is 9.80. The van der Waals surface area contributed by atoms with E-state index in [0.29, 0.717) is 17.8 Å². The number of hydrogen-bond donors (Lipinski definition) is 1. The summed E-state index contributed by atoms with van der Waals surface area (Å²) in [5.74, 6) is -0.459. The molecule has 0 aliphatic rings. The zero-order chi connectivity index (χ0) is 21.4. The average Bonchev–Trinajstić information content (AvgIpc) is 2.97. The summed E-state index contributed by atoms with van der Waals surface area (Å²) in [4.78, 5) is 17.8. The lowest BCUT2D eigenvalue weighted by Crippen LogP contribution is -2.14. The molecule has 2 aromatic carbocycles. The zero-order valence-corrected chi connectivity index (χ0v) is 17.5. The summed E-state index contributed by atoms with van der Waals surface area (Å²) >= 11 is 0. The summed E-state index contributed by atoms with van der Waals surface area (Å²) in [6.45, 7) is 8.16. The summed E-state index contributed by atoms with van der Waals surface area (Å²) in [5.41, 5.74) is 6.45. The van der Waals surface area contributed by atoms with Gasteiger partial charge >= 0.3 is 0 Å². The van der Waals surface area contributed by atoms with Gasteiger partial charge in [-0.25, -0.2) is 4.39 Å². The maximum atomic E-state index is 13.2. The van der Waals surface area contributed by atoms with Crippen molar-refractivity contribution in [2.45, 2.75) is 34.2 Å². The van der Waals surface area contributed by atoms with Gasteiger partial charge in [-0.15, -0.1) is 0 Å². The number of benzene rings is 2. The molecule has 0 saturated carbocycles. The standard InChI is InChI=1S/C24H23FN4O/c1-14-6-5-7-20-21(12-15(2)26-22(14)20)24(30)27-23-16(3)28-29(17(23)4)13-18-8-10-19(25)11-9-18/h5-12H,13H2,1-4H3,(H,27,30). The van der Waals surface area contributed by atoms with Gasteiger partial charge in [0.15, 0.2) is 0 Å². The van der Waals surface area contributed by atoms with E-state index < -0.39 is 0 Å². The molecule has 1 amide bonds. The molecule has 0 fully saturated rings. The third-order valence-electron chi connectivity index (χ3n) is 5.28. The number of halogens is 1. The summed E-state index contributed by atoms with van der Waals surface area (Å²) in [7, 11) is 0. The Hall–Kier alpha value is -3.54. The molecule has 0 saturated heterocycles. The predicted octanol–water partition coefficient (Wildman–Crippen LogP) is 5.10. The van der Waals surface area contributed by atoms with Crippen molar-refractivity contribution in [2.24, 2.45) is 0 Å². The number of hydrogen-bond acceptors (Lipinski definition) is 3. The van der Waals surface area contributed by atoms with E-state index in [2.05, 4.69) is 15.4 Å². The van der Waals surface area contributed by atoms with Crippen molar-refractivity contribution in [3.8, 4) is 0 Å². The van der Waals surface area contributed by atoms with Crippen LogP contribution in [-0.4, -0.2) is 20.7 Å². The number of nitrogens with zero attached hydrogens (tertiary/aromatic N) is 3. The van der Waals surface area contributed by atoms with Crippen LogP contribution in [0.25, 0.3) is 10.9 Å². The first-order chi connectivity index (χ1) is 14.3. The Kier molecular flexibility index (Phi) is 5.08. The van der Waals surface area contributed by atoms with Crippen molar-refractivity contribution in [3.63, 3.8) is 0 Å². The van der Waals surface area contributed by atoms with Crippen LogP contribution in [0.4, 0.5) is 10.1 Å². The fourth-order valence-electron chi connectivity index (χ4n) is 3.68. The average molecular weight is 402 g/mol. The molecule has 5 nitrogen and oxygen atoms in total. The Morgan fingerprint density at radius 3 is 2.53 bits per heavy atom. The van der Waals surface area contributed by atoms with E-state index >= 15 is 0 Å². The zero-order valence-electron chi connectivity index (χ0n) is 17.5. The van der Waals surface area contributed by atoms with Crippen LogP contribution in [-0.2, 0) is 6.54 Å². The van der Waals surface area contributed by atoms with Crippen molar-refractivity contribution in [2.75, 3.05) is 5.32 Å². The van der Waals surface area contributed by atoms with Gasteiger partial charge in [0.1, 0.15) is 5.82 Å². The van der Waals surface area contributed by atoms with Crippen LogP contribution < -0.4 is 5.32 Å². The van der Waals surface area contributed by atoms with Gasteiger partial charge in [-0.2, -0.15) is 5.10 Å². The third kappa shape index (κ3) is 3.68. The molecule has 0 bridgehead atoms. The number of fused-ring (bicyclic) bond motifs is 1. The molecule has 4 aromatic rings. The molecule has 152 valence electrons. The van der Waals surface area contributed by atoms with Crippen LogP contribution in [0.15, 0.2) is 48.5 Å². The Morgan fingerprint density at radius 1 is 1.07 bits per heavy atom. The van der Waals surface area contributed by atoms with Crippen LogP contribution in [0, 0.1) is 33.5 Å². The van der Waals surface area contributed by atoms with E-state index in [4.69, 9.17) is 0 Å². The lowest BCUT2D eigenvalue weighted by atomic mass is 10.0. The SMILES string of the molecule is Cc1cc(C(=O)Nc2c(C)nn(Cc3ccc(F)cc3)c2C)c2cccc(C)c2n1. The number of aromatic nitrogens is 3. The largest absolute Gasteiger partial charge is 0.319 e. The summed E-state index contributed by atoms with van der Waals surface area (Å²) in [6.07, 6.45) is 0. The van der Waals surface area contributed by atoms with E-state index in [1.54, 1.807) is 12.1 Å². The summed E-state index contributed by atoms with van der Waals surface area (Å²) in [5, 5.41) is 8.43. The van der Waals surface area contributed by atoms with Crippen molar-refractivity contribution in [1.82, 2.24) is 14.8 Å². The Bertz CT molecular complexity index is 1260. The molecular formula is C24H23FN4O. The number of pyridine rings is 1. The molecule has 0 spiro atoms. The second kappa shape index (κ2) is 7.71. The quantitative estimate of drug-likeness (QED) is 0.516. The fourth-order valence-corrected chi connectivity index (χ4v) is 3.68.